The smallest absolute Gasteiger partial charge is 0.416 e. The highest BCUT2D eigenvalue weighted by molar-refractivity contribution is 5.76. The molecule has 0 amide bonds. The molecule has 1 aliphatic rings. The van der Waals surface area contributed by atoms with Crippen molar-refractivity contribution in [2.45, 2.75) is 12.7 Å². The van der Waals surface area contributed by atoms with Crippen molar-refractivity contribution in [1.82, 2.24) is 4.90 Å². The van der Waals surface area contributed by atoms with Crippen LogP contribution in [-0.2, 0) is 12.7 Å². The third-order valence-corrected chi connectivity index (χ3v) is 5.02. The number of piperazine rings is 1. The number of hydrogen-bond acceptors (Lipinski definition) is 4. The Morgan fingerprint density at radius 2 is 1.68 bits per heavy atom. The Balaban J connectivity index is 1.44. The van der Waals surface area contributed by atoms with E-state index in [0.29, 0.717) is 49.6 Å². The Labute approximate surface area is 159 Å². The highest BCUT2D eigenvalue weighted by atomic mass is 19.4. The lowest BCUT2D eigenvalue weighted by Gasteiger charge is -2.36. The van der Waals surface area contributed by atoms with Gasteiger partial charge in [-0.1, -0.05) is 24.3 Å². The van der Waals surface area contributed by atoms with Crippen LogP contribution in [0.15, 0.2) is 63.8 Å². The molecule has 146 valence electrons. The van der Waals surface area contributed by atoms with Crippen LogP contribution < -0.4 is 10.5 Å². The van der Waals surface area contributed by atoms with Gasteiger partial charge in [0.15, 0.2) is 0 Å². The van der Waals surface area contributed by atoms with Crippen LogP contribution in [0.3, 0.4) is 0 Å². The molecular formula is C21H19F3N2O2. The van der Waals surface area contributed by atoms with Crippen molar-refractivity contribution in [2.24, 2.45) is 0 Å². The van der Waals surface area contributed by atoms with E-state index in [1.807, 2.05) is 29.2 Å². The summed E-state index contributed by atoms with van der Waals surface area (Å²) in [6, 6.07) is 14.6. The molecular weight excluding hydrogens is 369 g/mol. The van der Waals surface area contributed by atoms with E-state index in [1.54, 1.807) is 12.1 Å². The minimum absolute atomic E-state index is 0.348. The van der Waals surface area contributed by atoms with Gasteiger partial charge in [-0.2, -0.15) is 13.2 Å². The van der Waals surface area contributed by atoms with E-state index < -0.39 is 11.7 Å². The fraction of sp³-hybridized carbons (Fsp3) is 0.286. The van der Waals surface area contributed by atoms with Crippen molar-refractivity contribution in [3.05, 3.63) is 76.1 Å². The van der Waals surface area contributed by atoms with Crippen LogP contribution in [0.1, 0.15) is 11.1 Å². The number of halogens is 3. The Morgan fingerprint density at radius 1 is 0.929 bits per heavy atom. The third-order valence-electron chi connectivity index (χ3n) is 5.02. The maximum atomic E-state index is 12.9. The molecule has 0 aliphatic carbocycles. The van der Waals surface area contributed by atoms with Gasteiger partial charge in [0, 0.05) is 43.8 Å². The number of anilines is 1. The van der Waals surface area contributed by atoms with Crippen LogP contribution in [0.25, 0.3) is 11.0 Å². The first-order valence-corrected chi connectivity index (χ1v) is 9.06. The van der Waals surface area contributed by atoms with Crippen LogP contribution in [0.4, 0.5) is 18.9 Å². The van der Waals surface area contributed by atoms with E-state index in [2.05, 4.69) is 4.90 Å². The van der Waals surface area contributed by atoms with Crippen LogP contribution in [-0.4, -0.2) is 31.1 Å². The van der Waals surface area contributed by atoms with Gasteiger partial charge in [0.25, 0.3) is 0 Å². The van der Waals surface area contributed by atoms with Crippen molar-refractivity contribution < 1.29 is 17.6 Å². The van der Waals surface area contributed by atoms with Gasteiger partial charge < -0.3 is 9.32 Å². The molecule has 4 nitrogen and oxygen atoms in total. The normalized spacial score (nSPS) is 15.9. The lowest BCUT2D eigenvalue weighted by atomic mass is 10.1. The fourth-order valence-electron chi connectivity index (χ4n) is 3.50. The van der Waals surface area contributed by atoms with Gasteiger partial charge in [-0.05, 0) is 30.3 Å². The Morgan fingerprint density at radius 3 is 2.43 bits per heavy atom. The minimum atomic E-state index is -4.35. The fourth-order valence-corrected chi connectivity index (χ4v) is 3.50. The molecule has 0 atom stereocenters. The molecule has 0 spiro atoms. The van der Waals surface area contributed by atoms with Gasteiger partial charge in [0.2, 0.25) is 0 Å². The highest BCUT2D eigenvalue weighted by Gasteiger charge is 2.31. The monoisotopic (exact) mass is 388 g/mol. The maximum absolute atomic E-state index is 12.9. The molecule has 1 fully saturated rings. The highest BCUT2D eigenvalue weighted by Crippen LogP contribution is 2.32. The molecule has 1 saturated heterocycles. The van der Waals surface area contributed by atoms with E-state index in [-0.39, 0.29) is 5.63 Å². The Bertz CT molecular complexity index is 1040. The van der Waals surface area contributed by atoms with Crippen LogP contribution in [0, 0.1) is 0 Å². The van der Waals surface area contributed by atoms with Crippen molar-refractivity contribution in [1.29, 1.82) is 0 Å². The molecule has 4 rings (SSSR count). The number of rotatable bonds is 3. The number of alkyl halides is 3. The molecule has 3 aromatic rings. The summed E-state index contributed by atoms with van der Waals surface area (Å²) in [6.45, 7) is 2.97. The number of para-hydroxylation sites is 1. The first-order chi connectivity index (χ1) is 13.4. The predicted octanol–water partition coefficient (Wildman–Crippen LogP) is 4.13. The summed E-state index contributed by atoms with van der Waals surface area (Å²) in [5.41, 5.74) is 0.733. The first kappa shape index (κ1) is 18.6. The summed E-state index contributed by atoms with van der Waals surface area (Å²) in [5, 5.41) is 0.875. The molecule has 0 unspecified atom stereocenters. The molecule has 1 aromatic heterocycles. The van der Waals surface area contributed by atoms with Crippen LogP contribution >= 0.6 is 0 Å². The van der Waals surface area contributed by atoms with Crippen LogP contribution in [0.2, 0.25) is 0 Å². The van der Waals surface area contributed by atoms with Crippen molar-refractivity contribution in [3.63, 3.8) is 0 Å². The van der Waals surface area contributed by atoms with E-state index >= 15 is 0 Å². The van der Waals surface area contributed by atoms with Crippen molar-refractivity contribution in [3.8, 4) is 0 Å². The van der Waals surface area contributed by atoms with Crippen molar-refractivity contribution >= 4 is 16.7 Å². The average molecular weight is 388 g/mol. The van der Waals surface area contributed by atoms with Gasteiger partial charge in [-0.15, -0.1) is 0 Å². The zero-order valence-corrected chi connectivity index (χ0v) is 15.1. The average Bonchev–Trinajstić information content (AvgIpc) is 2.69. The maximum Gasteiger partial charge on any atom is 0.416 e. The standard InChI is InChI=1S/C21H19F3N2O2/c22-21(23,24)17-5-3-6-18(13-17)26-10-8-25(9-11-26)14-16-12-15-4-1-2-7-19(15)28-20(16)27/h1-7,12-13H,8-11,14H2. The zero-order chi connectivity index (χ0) is 19.7. The molecule has 2 heterocycles. The van der Waals surface area contributed by atoms with Gasteiger partial charge in [0.1, 0.15) is 5.58 Å². The van der Waals surface area contributed by atoms with Gasteiger partial charge >= 0.3 is 11.8 Å². The third kappa shape index (κ3) is 3.89. The summed E-state index contributed by atoms with van der Waals surface area (Å²) in [4.78, 5) is 16.3. The summed E-state index contributed by atoms with van der Waals surface area (Å²) in [7, 11) is 0. The second-order valence-corrected chi connectivity index (χ2v) is 6.91. The molecule has 0 saturated carbocycles. The van der Waals surface area contributed by atoms with Crippen LogP contribution in [0.5, 0.6) is 0 Å². The van der Waals surface area contributed by atoms with Gasteiger partial charge in [0.05, 0.1) is 11.1 Å². The largest absolute Gasteiger partial charge is 0.422 e. The summed E-state index contributed by atoms with van der Waals surface area (Å²) >= 11 is 0. The quantitative estimate of drug-likeness (QED) is 0.632. The Kier molecular flexibility index (Phi) is 4.85. The lowest BCUT2D eigenvalue weighted by molar-refractivity contribution is -0.137. The van der Waals surface area contributed by atoms with E-state index in [1.165, 1.54) is 12.1 Å². The lowest BCUT2D eigenvalue weighted by Crippen LogP contribution is -2.46. The number of hydrogen-bond donors (Lipinski definition) is 0. The molecule has 0 bridgehead atoms. The molecule has 2 aromatic carbocycles. The molecule has 0 N–H and O–H groups in total. The van der Waals surface area contributed by atoms with E-state index in [0.717, 1.165) is 11.5 Å². The summed E-state index contributed by atoms with van der Waals surface area (Å²) in [6.07, 6.45) is -4.35. The Hall–Kier alpha value is -2.80. The number of nitrogens with zero attached hydrogens (tertiary/aromatic N) is 2. The summed E-state index contributed by atoms with van der Waals surface area (Å²) < 4.78 is 44.1. The van der Waals surface area contributed by atoms with Gasteiger partial charge in [-0.3, -0.25) is 4.90 Å². The topological polar surface area (TPSA) is 36.7 Å². The molecule has 7 heteroatoms. The molecule has 1 aliphatic heterocycles. The summed E-state index contributed by atoms with van der Waals surface area (Å²) in [5.74, 6) is 0. The second-order valence-electron chi connectivity index (χ2n) is 6.91. The van der Waals surface area contributed by atoms with E-state index in [9.17, 15) is 18.0 Å². The molecule has 0 radical (unpaired) electrons. The molecule has 28 heavy (non-hydrogen) atoms. The zero-order valence-electron chi connectivity index (χ0n) is 15.1. The minimum Gasteiger partial charge on any atom is -0.422 e. The predicted molar refractivity (Wildman–Crippen MR) is 101 cm³/mol. The van der Waals surface area contributed by atoms with E-state index in [4.69, 9.17) is 4.42 Å². The first-order valence-electron chi connectivity index (χ1n) is 9.06. The number of fused-ring (bicyclic) bond motifs is 1. The second kappa shape index (κ2) is 7.31. The van der Waals surface area contributed by atoms with Crippen molar-refractivity contribution in [2.75, 3.05) is 31.1 Å². The number of benzene rings is 2. The SMILES string of the molecule is O=c1oc2ccccc2cc1CN1CCN(c2cccc(C(F)(F)F)c2)CC1. The van der Waals surface area contributed by atoms with Gasteiger partial charge in [-0.25, -0.2) is 4.79 Å².